The SMILES string of the molecule is COCCOc1ccc2c(n1)n(CC1CCC(C(=O)Cc3ccnnc3)CC1)c(=O)n2C. The third-order valence-electron chi connectivity index (χ3n) is 6.27. The van der Waals surface area contributed by atoms with Gasteiger partial charge in [-0.25, -0.2) is 4.79 Å². The summed E-state index contributed by atoms with van der Waals surface area (Å²) in [6, 6.07) is 5.48. The zero-order valence-corrected chi connectivity index (χ0v) is 18.6. The largest absolute Gasteiger partial charge is 0.475 e. The van der Waals surface area contributed by atoms with E-state index in [2.05, 4.69) is 15.2 Å². The Bertz CT molecular complexity index is 1120. The van der Waals surface area contributed by atoms with Crippen LogP contribution in [0, 0.1) is 11.8 Å². The minimum Gasteiger partial charge on any atom is -0.475 e. The molecule has 170 valence electrons. The third-order valence-corrected chi connectivity index (χ3v) is 6.27. The van der Waals surface area contributed by atoms with Crippen molar-refractivity contribution in [1.82, 2.24) is 24.3 Å². The van der Waals surface area contributed by atoms with Crippen molar-refractivity contribution in [3.8, 4) is 5.88 Å². The standard InChI is InChI=1S/C23H29N5O4/c1-27-19-7-8-21(32-12-11-31-2)26-22(19)28(23(27)30)15-16-3-5-18(6-4-16)20(29)13-17-9-10-24-25-14-17/h7-10,14,16,18H,3-6,11-13,15H2,1-2H3. The molecular weight excluding hydrogens is 410 g/mol. The van der Waals surface area contributed by atoms with Crippen LogP contribution in [0.4, 0.5) is 0 Å². The lowest BCUT2D eigenvalue weighted by atomic mass is 9.79. The molecule has 0 aromatic carbocycles. The first kappa shape index (κ1) is 22.1. The number of hydrogen-bond acceptors (Lipinski definition) is 7. The van der Waals surface area contributed by atoms with Crippen molar-refractivity contribution in [3.63, 3.8) is 0 Å². The van der Waals surface area contributed by atoms with E-state index in [-0.39, 0.29) is 17.4 Å². The van der Waals surface area contributed by atoms with Crippen molar-refractivity contribution < 1.29 is 14.3 Å². The summed E-state index contributed by atoms with van der Waals surface area (Å²) in [5.74, 6) is 1.15. The second kappa shape index (κ2) is 10.0. The van der Waals surface area contributed by atoms with E-state index >= 15 is 0 Å². The Hall–Kier alpha value is -3.07. The second-order valence-electron chi connectivity index (χ2n) is 8.40. The Balaban J connectivity index is 1.41. The van der Waals surface area contributed by atoms with Crippen LogP contribution >= 0.6 is 0 Å². The number of imidazole rings is 1. The zero-order chi connectivity index (χ0) is 22.5. The van der Waals surface area contributed by atoms with Crippen molar-refractivity contribution in [2.24, 2.45) is 18.9 Å². The highest BCUT2D eigenvalue weighted by Crippen LogP contribution is 2.31. The molecule has 9 nitrogen and oxygen atoms in total. The summed E-state index contributed by atoms with van der Waals surface area (Å²) < 4.78 is 14.0. The minimum atomic E-state index is -0.0788. The van der Waals surface area contributed by atoms with Gasteiger partial charge in [-0.05, 0) is 49.3 Å². The molecule has 0 aliphatic heterocycles. The quantitative estimate of drug-likeness (QED) is 0.471. The molecule has 1 aliphatic carbocycles. The van der Waals surface area contributed by atoms with Crippen molar-refractivity contribution in [2.45, 2.75) is 38.6 Å². The van der Waals surface area contributed by atoms with Gasteiger partial charge in [0.05, 0.1) is 18.3 Å². The van der Waals surface area contributed by atoms with Crippen LogP contribution in [0.15, 0.2) is 35.4 Å². The van der Waals surface area contributed by atoms with Gasteiger partial charge >= 0.3 is 5.69 Å². The van der Waals surface area contributed by atoms with Crippen molar-refractivity contribution in [3.05, 3.63) is 46.6 Å². The number of Topliss-reactive ketones (excluding diaryl/α,β-unsaturated/α-hetero) is 1. The fourth-order valence-electron chi connectivity index (χ4n) is 4.43. The lowest BCUT2D eigenvalue weighted by Gasteiger charge is -2.27. The fraction of sp³-hybridized carbons (Fsp3) is 0.522. The Morgan fingerprint density at radius 2 is 1.94 bits per heavy atom. The average molecular weight is 440 g/mol. The van der Waals surface area contributed by atoms with Crippen LogP contribution in [0.2, 0.25) is 0 Å². The number of aryl methyl sites for hydroxylation is 1. The molecule has 4 rings (SSSR count). The van der Waals surface area contributed by atoms with Crippen molar-refractivity contribution in [1.29, 1.82) is 0 Å². The molecule has 1 aliphatic rings. The predicted octanol–water partition coefficient (Wildman–Crippen LogP) is 2.17. The van der Waals surface area contributed by atoms with E-state index in [0.29, 0.717) is 43.6 Å². The van der Waals surface area contributed by atoms with Crippen LogP contribution in [0.1, 0.15) is 31.2 Å². The number of aromatic nitrogens is 5. The van der Waals surface area contributed by atoms with Crippen LogP contribution in [-0.2, 0) is 29.5 Å². The van der Waals surface area contributed by atoms with Gasteiger partial charge in [0.1, 0.15) is 12.4 Å². The molecule has 3 aromatic rings. The Labute approximate surface area is 186 Å². The number of methoxy groups -OCH3 is 1. The van der Waals surface area contributed by atoms with E-state index in [0.717, 1.165) is 36.8 Å². The van der Waals surface area contributed by atoms with Gasteiger partial charge in [-0.2, -0.15) is 15.2 Å². The Morgan fingerprint density at radius 3 is 2.66 bits per heavy atom. The van der Waals surface area contributed by atoms with Crippen LogP contribution in [0.5, 0.6) is 5.88 Å². The first-order valence-corrected chi connectivity index (χ1v) is 11.0. The molecule has 0 amide bonds. The van der Waals surface area contributed by atoms with Crippen LogP contribution in [-0.4, -0.2) is 50.4 Å². The van der Waals surface area contributed by atoms with E-state index < -0.39 is 0 Å². The summed E-state index contributed by atoms with van der Waals surface area (Å²) in [4.78, 5) is 30.1. The maximum atomic E-state index is 12.9. The molecule has 3 aromatic heterocycles. The lowest BCUT2D eigenvalue weighted by molar-refractivity contribution is -0.123. The first-order chi connectivity index (χ1) is 15.6. The molecule has 0 radical (unpaired) electrons. The third kappa shape index (κ3) is 4.88. The summed E-state index contributed by atoms with van der Waals surface area (Å²) in [7, 11) is 3.38. The normalized spacial score (nSPS) is 18.7. The number of carbonyl (C=O) groups excluding carboxylic acids is 1. The molecule has 0 saturated heterocycles. The Morgan fingerprint density at radius 1 is 1.12 bits per heavy atom. The monoisotopic (exact) mass is 439 g/mol. The van der Waals surface area contributed by atoms with E-state index in [1.54, 1.807) is 41.8 Å². The number of pyridine rings is 1. The Kier molecular flexibility index (Phi) is 6.94. The first-order valence-electron chi connectivity index (χ1n) is 11.0. The molecule has 0 bridgehead atoms. The maximum absolute atomic E-state index is 12.9. The molecule has 0 unspecified atom stereocenters. The van der Waals surface area contributed by atoms with Gasteiger partial charge in [-0.1, -0.05) is 0 Å². The molecule has 0 spiro atoms. The van der Waals surface area contributed by atoms with Crippen molar-refractivity contribution >= 4 is 16.9 Å². The molecule has 3 heterocycles. The summed E-state index contributed by atoms with van der Waals surface area (Å²) in [6.45, 7) is 1.47. The number of hydrogen-bond donors (Lipinski definition) is 0. The van der Waals surface area contributed by atoms with Crippen LogP contribution < -0.4 is 10.4 Å². The van der Waals surface area contributed by atoms with Gasteiger partial charge in [0.2, 0.25) is 5.88 Å². The van der Waals surface area contributed by atoms with E-state index in [1.165, 1.54) is 0 Å². The topological polar surface area (TPSA) is 101 Å². The lowest BCUT2D eigenvalue weighted by Crippen LogP contribution is -2.29. The fourth-order valence-corrected chi connectivity index (χ4v) is 4.43. The van der Waals surface area contributed by atoms with Gasteiger partial charge in [0.15, 0.2) is 5.65 Å². The van der Waals surface area contributed by atoms with E-state index in [9.17, 15) is 9.59 Å². The summed E-state index contributed by atoms with van der Waals surface area (Å²) in [5, 5.41) is 7.61. The molecule has 0 atom stereocenters. The summed E-state index contributed by atoms with van der Waals surface area (Å²) >= 11 is 0. The molecule has 32 heavy (non-hydrogen) atoms. The summed E-state index contributed by atoms with van der Waals surface area (Å²) in [6.07, 6.45) is 7.19. The summed E-state index contributed by atoms with van der Waals surface area (Å²) in [5.41, 5.74) is 2.24. The number of carbonyl (C=O) groups is 1. The second-order valence-corrected chi connectivity index (χ2v) is 8.40. The van der Waals surface area contributed by atoms with E-state index in [1.807, 2.05) is 12.1 Å². The van der Waals surface area contributed by atoms with Crippen molar-refractivity contribution in [2.75, 3.05) is 20.3 Å². The number of fused-ring (bicyclic) bond motifs is 1. The molecule has 1 saturated carbocycles. The highest BCUT2D eigenvalue weighted by molar-refractivity contribution is 5.83. The van der Waals surface area contributed by atoms with Gasteiger partial charge in [-0.15, -0.1) is 0 Å². The number of ketones is 1. The number of nitrogens with zero attached hydrogens (tertiary/aromatic N) is 5. The van der Waals surface area contributed by atoms with Gasteiger partial charge in [-0.3, -0.25) is 13.9 Å². The molecule has 0 N–H and O–H groups in total. The minimum absolute atomic E-state index is 0.0718. The highest BCUT2D eigenvalue weighted by atomic mass is 16.5. The van der Waals surface area contributed by atoms with Gasteiger partial charge in [0.25, 0.3) is 0 Å². The van der Waals surface area contributed by atoms with Crippen LogP contribution in [0.3, 0.4) is 0 Å². The van der Waals surface area contributed by atoms with E-state index in [4.69, 9.17) is 9.47 Å². The number of rotatable bonds is 9. The smallest absolute Gasteiger partial charge is 0.330 e. The maximum Gasteiger partial charge on any atom is 0.330 e. The molecule has 9 heteroatoms. The van der Waals surface area contributed by atoms with Crippen LogP contribution in [0.25, 0.3) is 11.2 Å². The molecular formula is C23H29N5O4. The zero-order valence-electron chi connectivity index (χ0n) is 18.6. The predicted molar refractivity (Wildman–Crippen MR) is 119 cm³/mol. The van der Waals surface area contributed by atoms with Gasteiger partial charge in [0, 0.05) is 45.3 Å². The average Bonchev–Trinajstić information content (AvgIpc) is 3.05. The highest BCUT2D eigenvalue weighted by Gasteiger charge is 2.27. The molecule has 1 fully saturated rings. The van der Waals surface area contributed by atoms with Gasteiger partial charge < -0.3 is 9.47 Å². The number of ether oxygens (including phenoxy) is 2.